The van der Waals surface area contributed by atoms with E-state index in [2.05, 4.69) is 0 Å². The van der Waals surface area contributed by atoms with E-state index in [0.717, 1.165) is 0 Å². The van der Waals surface area contributed by atoms with Gasteiger partial charge < -0.3 is 9.69 Å². The Hall–Kier alpha value is -1.07. The zero-order valence-electron chi connectivity index (χ0n) is 7.99. The molecule has 0 aliphatic rings. The van der Waals surface area contributed by atoms with E-state index in [1.807, 2.05) is 0 Å². The molecule has 0 saturated carbocycles. The summed E-state index contributed by atoms with van der Waals surface area (Å²) in [7, 11) is 2.35. The molecule has 0 aromatic carbocycles. The molecule has 0 saturated heterocycles. The average molecular weight is 198 g/mol. The van der Waals surface area contributed by atoms with Gasteiger partial charge in [-0.3, -0.25) is 5.41 Å². The topological polar surface area (TPSA) is 44.2 Å². The molecule has 0 aromatic heterocycles. The van der Waals surface area contributed by atoms with Crippen LogP contribution in [0.3, 0.4) is 0 Å². The Kier molecular flexibility index (Phi) is 6.18. The minimum absolute atomic E-state index is 0.167. The van der Waals surface area contributed by atoms with Crippen LogP contribution in [0.2, 0.25) is 0 Å². The predicted octanol–water partition coefficient (Wildman–Crippen LogP) is 1.68. The largest absolute Gasteiger partial charge is 0.448 e. The summed E-state index contributed by atoms with van der Waals surface area (Å²) in [6, 6.07) is 0. The van der Waals surface area contributed by atoms with E-state index < -0.39 is 12.0 Å². The molecule has 78 valence electrons. The van der Waals surface area contributed by atoms with Crippen molar-refractivity contribution in [3.05, 3.63) is 0 Å². The number of halogens is 3. The molecule has 0 radical (unpaired) electrons. The maximum atomic E-state index is 11.4. The molecule has 1 N–H and O–H groups in total. The summed E-state index contributed by atoms with van der Waals surface area (Å²) in [5.41, 5.74) is 0. The Balaban J connectivity index is 0. The maximum Gasteiger partial charge on any atom is 0.448 e. The van der Waals surface area contributed by atoms with Crippen molar-refractivity contribution in [3.63, 3.8) is 0 Å². The molecule has 0 aliphatic carbocycles. The Bertz CT molecular complexity index is 183. The molecule has 0 spiro atoms. The first-order valence-electron chi connectivity index (χ1n) is 3.39. The van der Waals surface area contributed by atoms with Gasteiger partial charge in [-0.1, -0.05) is 0 Å². The SMILES string of the molecule is CC(C)=O.CN(C)C(=N)C(F)(F)F. The van der Waals surface area contributed by atoms with Gasteiger partial charge in [0.1, 0.15) is 5.78 Å². The minimum atomic E-state index is -4.51. The van der Waals surface area contributed by atoms with E-state index in [0.29, 0.717) is 4.90 Å². The van der Waals surface area contributed by atoms with Crippen molar-refractivity contribution < 1.29 is 18.0 Å². The molecule has 0 unspecified atom stereocenters. The van der Waals surface area contributed by atoms with Gasteiger partial charge in [0, 0.05) is 14.1 Å². The van der Waals surface area contributed by atoms with Crippen LogP contribution in [-0.2, 0) is 4.79 Å². The Labute approximate surface area is 75.0 Å². The molecule has 0 aromatic rings. The van der Waals surface area contributed by atoms with E-state index >= 15 is 0 Å². The first kappa shape index (κ1) is 14.5. The van der Waals surface area contributed by atoms with Crippen LogP contribution >= 0.6 is 0 Å². The van der Waals surface area contributed by atoms with Gasteiger partial charge in [0.25, 0.3) is 0 Å². The van der Waals surface area contributed by atoms with E-state index in [-0.39, 0.29) is 5.78 Å². The fourth-order valence-electron chi connectivity index (χ4n) is 0.254. The van der Waals surface area contributed by atoms with Crippen LogP contribution in [0.25, 0.3) is 0 Å². The third-order valence-corrected chi connectivity index (χ3v) is 0.716. The Morgan fingerprint density at radius 3 is 1.46 bits per heavy atom. The van der Waals surface area contributed by atoms with Gasteiger partial charge in [0.2, 0.25) is 5.84 Å². The second-order valence-electron chi connectivity index (χ2n) is 2.65. The zero-order valence-corrected chi connectivity index (χ0v) is 7.99. The van der Waals surface area contributed by atoms with Gasteiger partial charge in [-0.15, -0.1) is 0 Å². The second-order valence-corrected chi connectivity index (χ2v) is 2.65. The lowest BCUT2D eigenvalue weighted by Crippen LogP contribution is -2.34. The molecule has 6 heteroatoms. The van der Waals surface area contributed by atoms with E-state index in [1.54, 1.807) is 0 Å². The van der Waals surface area contributed by atoms with Crippen LogP contribution in [0.5, 0.6) is 0 Å². The minimum Gasteiger partial charge on any atom is -0.359 e. The average Bonchev–Trinajstić information content (AvgIpc) is 1.82. The molecular weight excluding hydrogens is 185 g/mol. The fraction of sp³-hybridized carbons (Fsp3) is 0.714. The van der Waals surface area contributed by atoms with Crippen LogP contribution in [-0.4, -0.2) is 36.8 Å². The normalized spacial score (nSPS) is 9.77. The summed E-state index contributed by atoms with van der Waals surface area (Å²) < 4.78 is 34.3. The number of carbonyl (C=O) groups is 1. The quantitative estimate of drug-likeness (QED) is 0.475. The molecule has 13 heavy (non-hydrogen) atoms. The lowest BCUT2D eigenvalue weighted by Gasteiger charge is -2.15. The smallest absolute Gasteiger partial charge is 0.359 e. The monoisotopic (exact) mass is 198 g/mol. The van der Waals surface area contributed by atoms with Crippen molar-refractivity contribution in [2.45, 2.75) is 20.0 Å². The number of alkyl halides is 3. The molecule has 0 aliphatic heterocycles. The van der Waals surface area contributed by atoms with Gasteiger partial charge >= 0.3 is 6.18 Å². The second kappa shape index (κ2) is 5.55. The van der Waals surface area contributed by atoms with Crippen molar-refractivity contribution in [1.29, 1.82) is 5.41 Å². The molecule has 0 fully saturated rings. The molecule has 0 rings (SSSR count). The summed E-state index contributed by atoms with van der Waals surface area (Å²) >= 11 is 0. The van der Waals surface area contributed by atoms with Gasteiger partial charge in [-0.25, -0.2) is 0 Å². The number of hydrogen-bond donors (Lipinski definition) is 1. The Morgan fingerprint density at radius 1 is 1.23 bits per heavy atom. The lowest BCUT2D eigenvalue weighted by atomic mass is 10.5. The van der Waals surface area contributed by atoms with Gasteiger partial charge in [-0.05, 0) is 13.8 Å². The highest BCUT2D eigenvalue weighted by molar-refractivity contribution is 5.84. The highest BCUT2D eigenvalue weighted by Crippen LogP contribution is 2.16. The number of hydrogen-bond acceptors (Lipinski definition) is 2. The number of Topliss-reactive ketones (excluding diaryl/α,β-unsaturated/α-hetero) is 1. The standard InChI is InChI=1S/C4H7F3N2.C3H6O/c1-9(2)3(8)4(5,6)7;1-3(2)4/h8H,1-2H3;1-2H3. The molecule has 0 bridgehead atoms. The summed E-state index contributed by atoms with van der Waals surface area (Å²) in [6.07, 6.45) is -4.51. The highest BCUT2D eigenvalue weighted by atomic mass is 19.4. The van der Waals surface area contributed by atoms with Crippen molar-refractivity contribution in [2.75, 3.05) is 14.1 Å². The van der Waals surface area contributed by atoms with Crippen LogP contribution in [0.4, 0.5) is 13.2 Å². The van der Waals surface area contributed by atoms with Gasteiger partial charge in [0.15, 0.2) is 0 Å². The van der Waals surface area contributed by atoms with Crippen molar-refractivity contribution in [1.82, 2.24) is 4.90 Å². The predicted molar refractivity (Wildman–Crippen MR) is 43.8 cm³/mol. The van der Waals surface area contributed by atoms with Crippen LogP contribution < -0.4 is 0 Å². The highest BCUT2D eigenvalue weighted by Gasteiger charge is 2.35. The fourth-order valence-corrected chi connectivity index (χ4v) is 0.254. The lowest BCUT2D eigenvalue weighted by molar-refractivity contribution is -0.115. The maximum absolute atomic E-state index is 11.4. The number of nitrogens with one attached hydrogen (secondary N) is 1. The van der Waals surface area contributed by atoms with Crippen molar-refractivity contribution >= 4 is 11.6 Å². The van der Waals surface area contributed by atoms with Gasteiger partial charge in [-0.2, -0.15) is 13.2 Å². The molecule has 0 atom stereocenters. The van der Waals surface area contributed by atoms with Crippen LogP contribution in [0, 0.1) is 5.41 Å². The summed E-state index contributed by atoms with van der Waals surface area (Å²) in [4.78, 5) is 10.2. The van der Waals surface area contributed by atoms with E-state index in [9.17, 15) is 18.0 Å². The van der Waals surface area contributed by atoms with Crippen molar-refractivity contribution in [2.24, 2.45) is 0 Å². The summed E-state index contributed by atoms with van der Waals surface area (Å²) in [5, 5.41) is 6.40. The van der Waals surface area contributed by atoms with Crippen molar-refractivity contribution in [3.8, 4) is 0 Å². The number of ketones is 1. The number of carbonyl (C=O) groups excluding carboxylic acids is 1. The first-order chi connectivity index (χ1) is 5.59. The first-order valence-corrected chi connectivity index (χ1v) is 3.39. The molecular formula is C7H13F3N2O. The molecule has 3 nitrogen and oxygen atoms in total. The molecule has 0 heterocycles. The van der Waals surface area contributed by atoms with E-state index in [4.69, 9.17) is 5.41 Å². The molecule has 0 amide bonds. The number of rotatable bonds is 0. The van der Waals surface area contributed by atoms with Crippen LogP contribution in [0.15, 0.2) is 0 Å². The summed E-state index contributed by atoms with van der Waals surface area (Å²) in [5.74, 6) is -1.16. The summed E-state index contributed by atoms with van der Waals surface area (Å²) in [6.45, 7) is 3.06. The van der Waals surface area contributed by atoms with Crippen LogP contribution in [0.1, 0.15) is 13.8 Å². The zero-order chi connectivity index (χ0) is 11.2. The number of nitrogens with zero attached hydrogens (tertiary/aromatic N) is 1. The van der Waals surface area contributed by atoms with Gasteiger partial charge in [0.05, 0.1) is 0 Å². The third-order valence-electron chi connectivity index (χ3n) is 0.716. The Morgan fingerprint density at radius 2 is 1.46 bits per heavy atom. The van der Waals surface area contributed by atoms with E-state index in [1.165, 1.54) is 27.9 Å². The third kappa shape index (κ3) is 10.9. The number of amidine groups is 1.